The summed E-state index contributed by atoms with van der Waals surface area (Å²) in [4.78, 5) is 5.95. The molecule has 0 spiro atoms. The Morgan fingerprint density at radius 2 is 1.60 bits per heavy atom. The Morgan fingerprint density at radius 1 is 0.950 bits per heavy atom. The van der Waals surface area contributed by atoms with Gasteiger partial charge in [-0.3, -0.25) is 4.99 Å². The Balaban J connectivity index is 2.22. The van der Waals surface area contributed by atoms with Gasteiger partial charge >= 0.3 is 0 Å². The highest BCUT2D eigenvalue weighted by atomic mass is 32.4. The van der Waals surface area contributed by atoms with E-state index in [0.717, 1.165) is 11.3 Å². The summed E-state index contributed by atoms with van der Waals surface area (Å²) in [5.74, 6) is 0. The minimum absolute atomic E-state index is 1.07. The summed E-state index contributed by atoms with van der Waals surface area (Å²) >= 11 is 1.99. The molecule has 2 aromatic carbocycles. The molecule has 20 heavy (non-hydrogen) atoms. The van der Waals surface area contributed by atoms with Crippen LogP contribution in [0.2, 0.25) is 19.6 Å². The number of nitrogens with zero attached hydrogens (tertiary/aromatic N) is 1. The number of aryl methyl sites for hydroxylation is 1. The van der Waals surface area contributed by atoms with E-state index in [9.17, 15) is 0 Å². The zero-order chi connectivity index (χ0) is 14.6. The highest BCUT2D eigenvalue weighted by molar-refractivity contribution is 8.28. The molecule has 1 nitrogen and oxygen atoms in total. The molecule has 0 aromatic heterocycles. The van der Waals surface area contributed by atoms with Crippen molar-refractivity contribution in [2.24, 2.45) is 4.99 Å². The van der Waals surface area contributed by atoms with E-state index in [0.29, 0.717) is 0 Å². The van der Waals surface area contributed by atoms with Gasteiger partial charge in [0.1, 0.15) is 7.22 Å². The lowest BCUT2D eigenvalue weighted by Crippen LogP contribution is -2.13. The van der Waals surface area contributed by atoms with Crippen molar-refractivity contribution in [3.05, 3.63) is 59.7 Å². The average Bonchev–Trinajstić information content (AvgIpc) is 2.38. The number of hydrogen-bond acceptors (Lipinski definition) is 2. The van der Waals surface area contributed by atoms with Gasteiger partial charge in [0.25, 0.3) is 0 Å². The second-order valence-electron chi connectivity index (χ2n) is 5.85. The molecule has 3 heteroatoms. The predicted octanol–water partition coefficient (Wildman–Crippen LogP) is 5.67. The predicted molar refractivity (Wildman–Crippen MR) is 94.1 cm³/mol. The normalized spacial score (nSPS) is 12.0. The third-order valence-corrected chi connectivity index (χ3v) is 6.39. The Hall–Kier alpha value is -1.32. The lowest BCUT2D eigenvalue weighted by molar-refractivity contribution is 1.38. The first kappa shape index (κ1) is 15.1. The summed E-state index contributed by atoms with van der Waals surface area (Å²) < 4.78 is 0. The van der Waals surface area contributed by atoms with Crippen molar-refractivity contribution in [3.8, 4) is 0 Å². The molecule has 0 fully saturated rings. The fourth-order valence-electron chi connectivity index (χ4n) is 1.78. The van der Waals surface area contributed by atoms with Crippen LogP contribution < -0.4 is 0 Å². The van der Waals surface area contributed by atoms with Crippen LogP contribution in [0, 0.1) is 6.92 Å². The largest absolute Gasteiger partial charge is 0.255 e. The molecule has 0 heterocycles. The van der Waals surface area contributed by atoms with Crippen LogP contribution in [0.3, 0.4) is 0 Å². The molecular formula is C17H21NSSi. The topological polar surface area (TPSA) is 12.4 Å². The van der Waals surface area contributed by atoms with E-state index < -0.39 is 7.22 Å². The molecule has 0 amide bonds. The van der Waals surface area contributed by atoms with Crippen LogP contribution >= 0.6 is 11.2 Å². The van der Waals surface area contributed by atoms with Gasteiger partial charge in [-0.1, -0.05) is 61.6 Å². The molecule has 0 saturated carbocycles. The first-order chi connectivity index (χ1) is 9.44. The molecule has 0 unspecified atom stereocenters. The fourth-order valence-corrected chi connectivity index (χ4v) is 5.31. The number of para-hydroxylation sites is 1. The summed E-state index contributed by atoms with van der Waals surface area (Å²) in [5.41, 5.74) is 3.49. The summed E-state index contributed by atoms with van der Waals surface area (Å²) in [6, 6.07) is 16.8. The number of aliphatic imine (C=N–C) groups is 1. The molecule has 104 valence electrons. The Bertz CT molecular complexity index is 597. The summed E-state index contributed by atoms with van der Waals surface area (Å²) in [6.45, 7) is 9.18. The zero-order valence-electron chi connectivity index (χ0n) is 12.6. The quantitative estimate of drug-likeness (QED) is 0.523. The maximum atomic E-state index is 4.67. The maximum Gasteiger partial charge on any atom is 0.114 e. The molecule has 0 atom stereocenters. The molecule has 2 rings (SSSR count). The monoisotopic (exact) mass is 299 g/mol. The van der Waals surface area contributed by atoms with Gasteiger partial charge in [-0.2, -0.15) is 0 Å². The summed E-state index contributed by atoms with van der Waals surface area (Å²) in [6.07, 6.45) is 1.95. The molecule has 0 bridgehead atoms. The van der Waals surface area contributed by atoms with Gasteiger partial charge in [-0.05, 0) is 24.6 Å². The van der Waals surface area contributed by atoms with Crippen molar-refractivity contribution in [1.29, 1.82) is 0 Å². The van der Waals surface area contributed by atoms with Gasteiger partial charge in [0.15, 0.2) is 0 Å². The van der Waals surface area contributed by atoms with Gasteiger partial charge in [-0.15, -0.1) is 11.2 Å². The van der Waals surface area contributed by atoms with E-state index in [2.05, 4.69) is 80.1 Å². The van der Waals surface area contributed by atoms with Crippen LogP contribution in [0.5, 0.6) is 0 Å². The molecule has 0 aliphatic carbocycles. The van der Waals surface area contributed by atoms with Crippen molar-refractivity contribution < 1.29 is 0 Å². The summed E-state index contributed by atoms with van der Waals surface area (Å²) in [5, 5.41) is 0. The third-order valence-electron chi connectivity index (χ3n) is 2.71. The first-order valence-electron chi connectivity index (χ1n) is 6.83. The summed E-state index contributed by atoms with van der Waals surface area (Å²) in [7, 11) is -1.20. The molecule has 2 aromatic rings. The highest BCUT2D eigenvalue weighted by Gasteiger charge is 2.16. The maximum absolute atomic E-state index is 4.67. The molecule has 0 aliphatic rings. The lowest BCUT2D eigenvalue weighted by Gasteiger charge is -2.16. The van der Waals surface area contributed by atoms with Crippen LogP contribution in [-0.4, -0.2) is 13.4 Å². The minimum atomic E-state index is -1.20. The molecule has 0 aliphatic heterocycles. The van der Waals surface area contributed by atoms with Crippen LogP contribution in [0.4, 0.5) is 5.69 Å². The van der Waals surface area contributed by atoms with Crippen LogP contribution in [-0.2, 0) is 0 Å². The highest BCUT2D eigenvalue weighted by Crippen LogP contribution is 2.35. The van der Waals surface area contributed by atoms with E-state index >= 15 is 0 Å². The van der Waals surface area contributed by atoms with E-state index in [1.54, 1.807) is 0 Å². The Morgan fingerprint density at radius 3 is 2.25 bits per heavy atom. The van der Waals surface area contributed by atoms with Gasteiger partial charge in [0.2, 0.25) is 0 Å². The van der Waals surface area contributed by atoms with Crippen LogP contribution in [0.25, 0.3) is 0 Å². The Kier molecular flexibility index (Phi) is 4.84. The number of rotatable bonds is 4. The smallest absolute Gasteiger partial charge is 0.114 e. The van der Waals surface area contributed by atoms with E-state index in [1.807, 2.05) is 17.4 Å². The average molecular weight is 300 g/mol. The van der Waals surface area contributed by atoms with Crippen molar-refractivity contribution >= 4 is 30.3 Å². The van der Waals surface area contributed by atoms with Crippen LogP contribution in [0.15, 0.2) is 58.4 Å². The van der Waals surface area contributed by atoms with Crippen LogP contribution in [0.1, 0.15) is 11.1 Å². The number of benzene rings is 2. The third kappa shape index (κ3) is 4.65. The van der Waals surface area contributed by atoms with Gasteiger partial charge in [0, 0.05) is 11.1 Å². The van der Waals surface area contributed by atoms with E-state index in [-0.39, 0.29) is 0 Å². The van der Waals surface area contributed by atoms with Crippen molar-refractivity contribution in [1.82, 2.24) is 0 Å². The lowest BCUT2D eigenvalue weighted by atomic mass is 10.2. The second kappa shape index (κ2) is 6.42. The SMILES string of the molecule is Cc1ccc(/C=N/c2ccccc2S[Si](C)(C)C)cc1. The van der Waals surface area contributed by atoms with Crippen molar-refractivity contribution in [2.75, 3.05) is 0 Å². The molecule has 0 radical (unpaired) electrons. The first-order valence-corrected chi connectivity index (χ1v) is 11.9. The van der Waals surface area contributed by atoms with Crippen molar-refractivity contribution in [2.45, 2.75) is 31.5 Å². The fraction of sp³-hybridized carbons (Fsp3) is 0.235. The van der Waals surface area contributed by atoms with Gasteiger partial charge in [-0.25, -0.2) is 0 Å². The van der Waals surface area contributed by atoms with Crippen molar-refractivity contribution in [3.63, 3.8) is 0 Å². The molecular weight excluding hydrogens is 278 g/mol. The number of hydrogen-bond donors (Lipinski definition) is 0. The van der Waals surface area contributed by atoms with E-state index in [1.165, 1.54) is 10.5 Å². The van der Waals surface area contributed by atoms with Gasteiger partial charge in [0.05, 0.1) is 5.69 Å². The van der Waals surface area contributed by atoms with E-state index in [4.69, 9.17) is 0 Å². The second-order valence-corrected chi connectivity index (χ2v) is 15.0. The zero-order valence-corrected chi connectivity index (χ0v) is 14.4. The standard InChI is InChI=1S/C17H21NSSi/c1-14-9-11-15(12-10-14)13-18-16-7-5-6-8-17(16)19-20(2,3)4/h5-13H,1-4H3/b18-13+. The minimum Gasteiger partial charge on any atom is -0.255 e. The van der Waals surface area contributed by atoms with Gasteiger partial charge < -0.3 is 0 Å². The Labute approximate surface area is 126 Å². The molecule has 0 saturated heterocycles. The molecule has 0 N–H and O–H groups in total.